The zero-order valence-electron chi connectivity index (χ0n) is 12.8. The van der Waals surface area contributed by atoms with E-state index in [2.05, 4.69) is 43.4 Å². The van der Waals surface area contributed by atoms with Crippen LogP contribution in [0.15, 0.2) is 42.5 Å². The summed E-state index contributed by atoms with van der Waals surface area (Å²) in [7, 11) is 1.70. The maximum absolute atomic E-state index is 6.20. The maximum atomic E-state index is 6.20. The summed E-state index contributed by atoms with van der Waals surface area (Å²) < 4.78 is 5.52. The Morgan fingerprint density at radius 2 is 1.86 bits per heavy atom. The van der Waals surface area contributed by atoms with E-state index in [1.54, 1.807) is 7.11 Å². The molecule has 2 nitrogen and oxygen atoms in total. The lowest BCUT2D eigenvalue weighted by atomic mass is 9.92. The van der Waals surface area contributed by atoms with Crippen LogP contribution in [-0.2, 0) is 6.42 Å². The molecule has 1 unspecified atom stereocenters. The molecule has 0 spiro atoms. The monoisotopic (exact) mass is 303 g/mol. The molecule has 2 aromatic rings. The molecule has 0 aliphatic rings. The van der Waals surface area contributed by atoms with Crippen molar-refractivity contribution in [3.8, 4) is 5.75 Å². The molecule has 0 saturated heterocycles. The summed E-state index contributed by atoms with van der Waals surface area (Å²) in [5.41, 5.74) is 3.70. The van der Waals surface area contributed by atoms with Crippen molar-refractivity contribution in [1.29, 1.82) is 0 Å². The number of hydrogen-bond donors (Lipinski definition) is 1. The summed E-state index contributed by atoms with van der Waals surface area (Å²) in [6.07, 6.45) is 1.00. The van der Waals surface area contributed by atoms with E-state index in [9.17, 15) is 0 Å². The Kier molecular flexibility index (Phi) is 5.66. The lowest BCUT2D eigenvalue weighted by Crippen LogP contribution is -2.23. The van der Waals surface area contributed by atoms with Crippen molar-refractivity contribution in [2.45, 2.75) is 26.3 Å². The predicted octanol–water partition coefficient (Wildman–Crippen LogP) is 4.61. The molecule has 2 aromatic carbocycles. The van der Waals surface area contributed by atoms with E-state index in [0.717, 1.165) is 29.3 Å². The van der Waals surface area contributed by atoms with Crippen LogP contribution >= 0.6 is 11.6 Å². The quantitative estimate of drug-likeness (QED) is 0.841. The van der Waals surface area contributed by atoms with E-state index in [4.69, 9.17) is 16.3 Å². The Hall–Kier alpha value is -1.51. The van der Waals surface area contributed by atoms with Crippen LogP contribution in [0.25, 0.3) is 0 Å². The van der Waals surface area contributed by atoms with Crippen molar-refractivity contribution < 1.29 is 4.74 Å². The van der Waals surface area contributed by atoms with Gasteiger partial charge in [0.1, 0.15) is 5.75 Å². The lowest BCUT2D eigenvalue weighted by Gasteiger charge is -2.23. The van der Waals surface area contributed by atoms with Gasteiger partial charge in [0.15, 0.2) is 0 Å². The standard InChI is InChI=1S/C18H22ClNO/c1-4-13-8-6-7-9-15(13)18(20-5-2)16-12-14(19)10-11-17(16)21-3/h6-12,18,20H,4-5H2,1-3H3. The third-order valence-electron chi connectivity index (χ3n) is 3.66. The van der Waals surface area contributed by atoms with Crippen molar-refractivity contribution >= 4 is 11.6 Å². The molecule has 0 amide bonds. The van der Waals surface area contributed by atoms with E-state index in [-0.39, 0.29) is 6.04 Å². The van der Waals surface area contributed by atoms with Gasteiger partial charge in [0.2, 0.25) is 0 Å². The molecule has 1 atom stereocenters. The van der Waals surface area contributed by atoms with Gasteiger partial charge in [-0.3, -0.25) is 0 Å². The van der Waals surface area contributed by atoms with Gasteiger partial charge in [-0.2, -0.15) is 0 Å². The van der Waals surface area contributed by atoms with Gasteiger partial charge in [-0.05, 0) is 42.3 Å². The maximum Gasteiger partial charge on any atom is 0.124 e. The fraction of sp³-hybridized carbons (Fsp3) is 0.333. The van der Waals surface area contributed by atoms with Crippen LogP contribution in [0.3, 0.4) is 0 Å². The van der Waals surface area contributed by atoms with E-state index in [1.807, 2.05) is 18.2 Å². The van der Waals surface area contributed by atoms with Crippen LogP contribution < -0.4 is 10.1 Å². The van der Waals surface area contributed by atoms with Gasteiger partial charge in [-0.25, -0.2) is 0 Å². The molecule has 21 heavy (non-hydrogen) atoms. The molecule has 112 valence electrons. The Bertz CT molecular complexity index is 598. The fourth-order valence-electron chi connectivity index (χ4n) is 2.66. The average Bonchev–Trinajstić information content (AvgIpc) is 2.52. The summed E-state index contributed by atoms with van der Waals surface area (Å²) in [4.78, 5) is 0. The Labute approximate surface area is 132 Å². The van der Waals surface area contributed by atoms with Gasteiger partial charge in [0.05, 0.1) is 13.2 Å². The number of rotatable bonds is 6. The molecule has 0 bridgehead atoms. The molecule has 0 heterocycles. The molecule has 0 saturated carbocycles. The predicted molar refractivity (Wildman–Crippen MR) is 89.3 cm³/mol. The van der Waals surface area contributed by atoms with Gasteiger partial charge in [-0.15, -0.1) is 0 Å². The summed E-state index contributed by atoms with van der Waals surface area (Å²) in [6, 6.07) is 14.4. The summed E-state index contributed by atoms with van der Waals surface area (Å²) in [5.74, 6) is 0.858. The van der Waals surface area contributed by atoms with Gasteiger partial charge < -0.3 is 10.1 Å². The number of ether oxygens (including phenoxy) is 1. The van der Waals surface area contributed by atoms with E-state index >= 15 is 0 Å². The molecule has 2 rings (SSSR count). The zero-order valence-corrected chi connectivity index (χ0v) is 13.6. The van der Waals surface area contributed by atoms with Gasteiger partial charge in [0.25, 0.3) is 0 Å². The minimum atomic E-state index is 0.0831. The van der Waals surface area contributed by atoms with Crippen molar-refractivity contribution in [3.63, 3.8) is 0 Å². The SMILES string of the molecule is CCNC(c1ccccc1CC)c1cc(Cl)ccc1OC. The first-order valence-electron chi connectivity index (χ1n) is 7.35. The van der Waals surface area contributed by atoms with E-state index in [0.29, 0.717) is 0 Å². The molecule has 3 heteroatoms. The van der Waals surface area contributed by atoms with Crippen molar-refractivity contribution in [2.75, 3.05) is 13.7 Å². The zero-order chi connectivity index (χ0) is 15.2. The first kappa shape index (κ1) is 15.9. The van der Waals surface area contributed by atoms with Crippen LogP contribution in [-0.4, -0.2) is 13.7 Å². The van der Waals surface area contributed by atoms with Crippen LogP contribution in [0.2, 0.25) is 5.02 Å². The topological polar surface area (TPSA) is 21.3 Å². The van der Waals surface area contributed by atoms with Gasteiger partial charge >= 0.3 is 0 Å². The molecule has 0 radical (unpaired) electrons. The summed E-state index contributed by atoms with van der Waals surface area (Å²) in [5, 5.41) is 4.28. The molecule has 1 N–H and O–H groups in total. The van der Waals surface area contributed by atoms with Gasteiger partial charge in [0, 0.05) is 10.6 Å². The van der Waals surface area contributed by atoms with E-state index < -0.39 is 0 Å². The highest BCUT2D eigenvalue weighted by molar-refractivity contribution is 6.30. The highest BCUT2D eigenvalue weighted by Gasteiger charge is 2.19. The van der Waals surface area contributed by atoms with Crippen molar-refractivity contribution in [1.82, 2.24) is 5.32 Å². The molecular weight excluding hydrogens is 282 g/mol. The molecule has 0 aromatic heterocycles. The number of benzene rings is 2. The minimum absolute atomic E-state index is 0.0831. The van der Waals surface area contributed by atoms with Crippen LogP contribution in [0.5, 0.6) is 5.75 Å². The van der Waals surface area contributed by atoms with Crippen LogP contribution in [0.4, 0.5) is 0 Å². The van der Waals surface area contributed by atoms with Gasteiger partial charge in [-0.1, -0.05) is 49.7 Å². The Balaban J connectivity index is 2.55. The van der Waals surface area contributed by atoms with Crippen LogP contribution in [0, 0.1) is 0 Å². The summed E-state index contributed by atoms with van der Waals surface area (Å²) >= 11 is 6.20. The third-order valence-corrected chi connectivity index (χ3v) is 3.89. The Morgan fingerprint density at radius 1 is 1.10 bits per heavy atom. The fourth-order valence-corrected chi connectivity index (χ4v) is 2.84. The van der Waals surface area contributed by atoms with Crippen molar-refractivity contribution in [3.05, 3.63) is 64.2 Å². The number of methoxy groups -OCH3 is 1. The normalized spacial score (nSPS) is 12.2. The average molecular weight is 304 g/mol. The second-order valence-corrected chi connectivity index (χ2v) is 5.37. The highest BCUT2D eigenvalue weighted by atomic mass is 35.5. The first-order chi connectivity index (χ1) is 10.2. The summed E-state index contributed by atoms with van der Waals surface area (Å²) in [6.45, 7) is 5.16. The number of halogens is 1. The molecule has 0 aliphatic carbocycles. The minimum Gasteiger partial charge on any atom is -0.496 e. The van der Waals surface area contributed by atoms with Crippen molar-refractivity contribution in [2.24, 2.45) is 0 Å². The number of nitrogens with one attached hydrogen (secondary N) is 1. The van der Waals surface area contributed by atoms with Crippen LogP contribution in [0.1, 0.15) is 36.6 Å². The lowest BCUT2D eigenvalue weighted by molar-refractivity contribution is 0.404. The van der Waals surface area contributed by atoms with E-state index in [1.165, 1.54) is 11.1 Å². The third kappa shape index (κ3) is 3.58. The first-order valence-corrected chi connectivity index (χ1v) is 7.73. The Morgan fingerprint density at radius 3 is 2.52 bits per heavy atom. The number of aryl methyl sites for hydroxylation is 1. The second kappa shape index (κ2) is 7.48. The molecule has 0 aliphatic heterocycles. The highest BCUT2D eigenvalue weighted by Crippen LogP contribution is 2.33. The smallest absolute Gasteiger partial charge is 0.124 e. The second-order valence-electron chi connectivity index (χ2n) is 4.93. The molecule has 0 fully saturated rings. The largest absolute Gasteiger partial charge is 0.496 e. The molecular formula is C18H22ClNO. The number of hydrogen-bond acceptors (Lipinski definition) is 2.